The van der Waals surface area contributed by atoms with Crippen molar-refractivity contribution in [2.75, 3.05) is 11.9 Å². The van der Waals surface area contributed by atoms with Crippen LogP contribution < -0.4 is 0 Å². The first-order valence-corrected chi connectivity index (χ1v) is 7.37. The van der Waals surface area contributed by atoms with Crippen LogP contribution in [0.4, 0.5) is 0 Å². The van der Waals surface area contributed by atoms with Crippen LogP contribution >= 0.6 is 15.9 Å². The molecular weight excluding hydrogens is 294 g/mol. The van der Waals surface area contributed by atoms with Crippen LogP contribution in [-0.4, -0.2) is 30.5 Å². The molecule has 6 heteroatoms. The Hall–Kier alpha value is -0.880. The highest BCUT2D eigenvalue weighted by Gasteiger charge is 2.40. The highest BCUT2D eigenvalue weighted by atomic mass is 79.9. The van der Waals surface area contributed by atoms with Gasteiger partial charge in [0.25, 0.3) is 15.9 Å². The predicted molar refractivity (Wildman–Crippen MR) is 63.1 cm³/mol. The Morgan fingerprint density at radius 2 is 1.94 bits per heavy atom. The molecule has 0 saturated carbocycles. The van der Waals surface area contributed by atoms with Gasteiger partial charge in [-0.15, -0.1) is 0 Å². The maximum atomic E-state index is 12.0. The molecule has 0 bridgehead atoms. The number of carbonyl (C=O) groups is 1. The first kappa shape index (κ1) is 11.6. The molecule has 1 aromatic rings. The summed E-state index contributed by atoms with van der Waals surface area (Å²) in [4.78, 5) is 12.0. The van der Waals surface area contributed by atoms with Gasteiger partial charge in [0.2, 0.25) is 0 Å². The topological polar surface area (TPSA) is 54.5 Å². The number of hydrogen-bond acceptors (Lipinski definition) is 3. The highest BCUT2D eigenvalue weighted by Crippen LogP contribution is 2.29. The molecule has 0 spiro atoms. The van der Waals surface area contributed by atoms with Gasteiger partial charge in [-0.2, -0.15) is 0 Å². The summed E-state index contributed by atoms with van der Waals surface area (Å²) < 4.78 is 24.9. The van der Waals surface area contributed by atoms with E-state index < -0.39 is 15.9 Å². The Kier molecular flexibility index (Phi) is 3.03. The SMILES string of the molecule is O=C1c2ccccc2S(=O)(=O)N1CCCBr. The largest absolute Gasteiger partial charge is 0.269 e. The molecule has 0 saturated heterocycles. The lowest BCUT2D eigenvalue weighted by Gasteiger charge is -2.13. The highest BCUT2D eigenvalue weighted by molar-refractivity contribution is 9.09. The summed E-state index contributed by atoms with van der Waals surface area (Å²) in [6.45, 7) is 0.223. The van der Waals surface area contributed by atoms with Crippen molar-refractivity contribution in [1.29, 1.82) is 0 Å². The second-order valence-corrected chi connectivity index (χ2v) is 6.04. The number of fused-ring (bicyclic) bond motifs is 1. The van der Waals surface area contributed by atoms with E-state index in [-0.39, 0.29) is 17.0 Å². The monoisotopic (exact) mass is 303 g/mol. The second kappa shape index (κ2) is 4.18. The average molecular weight is 304 g/mol. The van der Waals surface area contributed by atoms with Crippen LogP contribution in [0.15, 0.2) is 29.2 Å². The quantitative estimate of drug-likeness (QED) is 0.797. The van der Waals surface area contributed by atoms with Gasteiger partial charge in [0, 0.05) is 11.9 Å². The van der Waals surface area contributed by atoms with Gasteiger partial charge in [-0.1, -0.05) is 28.1 Å². The Bertz CT molecular complexity index is 527. The minimum Gasteiger partial charge on any atom is -0.268 e. The fraction of sp³-hybridized carbons (Fsp3) is 0.300. The van der Waals surface area contributed by atoms with E-state index in [4.69, 9.17) is 0 Å². The molecule has 1 aromatic carbocycles. The molecule has 0 aromatic heterocycles. The fourth-order valence-electron chi connectivity index (χ4n) is 1.66. The third-order valence-corrected chi connectivity index (χ3v) is 4.81. The lowest BCUT2D eigenvalue weighted by atomic mass is 10.2. The van der Waals surface area contributed by atoms with Crippen LogP contribution in [0.25, 0.3) is 0 Å². The van der Waals surface area contributed by atoms with Crippen LogP contribution in [-0.2, 0) is 10.0 Å². The van der Waals surface area contributed by atoms with Crippen LogP contribution in [0, 0.1) is 0 Å². The minimum atomic E-state index is -3.60. The number of rotatable bonds is 3. The first-order valence-electron chi connectivity index (χ1n) is 4.81. The van der Waals surface area contributed by atoms with E-state index >= 15 is 0 Å². The zero-order chi connectivity index (χ0) is 11.8. The van der Waals surface area contributed by atoms with Gasteiger partial charge in [0.15, 0.2) is 0 Å². The Labute approximate surface area is 102 Å². The molecule has 1 aliphatic rings. The molecule has 4 nitrogen and oxygen atoms in total. The normalized spacial score (nSPS) is 17.6. The number of hydrogen-bond donors (Lipinski definition) is 0. The van der Waals surface area contributed by atoms with Gasteiger partial charge in [-0.25, -0.2) is 12.7 Å². The van der Waals surface area contributed by atoms with Crippen LogP contribution in [0.2, 0.25) is 0 Å². The van der Waals surface area contributed by atoms with Crippen molar-refractivity contribution in [2.45, 2.75) is 11.3 Å². The van der Waals surface area contributed by atoms with Gasteiger partial charge in [0.05, 0.1) is 5.56 Å². The molecule has 1 aliphatic heterocycles. The second-order valence-electron chi connectivity index (χ2n) is 3.42. The van der Waals surface area contributed by atoms with Crippen LogP contribution in [0.3, 0.4) is 0 Å². The van der Waals surface area contributed by atoms with Gasteiger partial charge < -0.3 is 0 Å². The Morgan fingerprint density at radius 1 is 1.25 bits per heavy atom. The molecule has 1 heterocycles. The molecule has 0 fully saturated rings. The number of carbonyl (C=O) groups excluding carboxylic acids is 1. The molecule has 2 rings (SSSR count). The van der Waals surface area contributed by atoms with Crippen LogP contribution in [0.1, 0.15) is 16.8 Å². The van der Waals surface area contributed by atoms with Gasteiger partial charge in [-0.05, 0) is 18.6 Å². The van der Waals surface area contributed by atoms with Crippen molar-refractivity contribution < 1.29 is 13.2 Å². The van der Waals surface area contributed by atoms with E-state index in [1.54, 1.807) is 18.2 Å². The molecule has 0 aliphatic carbocycles. The van der Waals surface area contributed by atoms with Crippen molar-refractivity contribution in [2.24, 2.45) is 0 Å². The maximum Gasteiger partial charge on any atom is 0.269 e. The number of amides is 1. The van der Waals surface area contributed by atoms with E-state index in [9.17, 15) is 13.2 Å². The van der Waals surface area contributed by atoms with E-state index in [2.05, 4.69) is 15.9 Å². The third kappa shape index (κ3) is 1.66. The average Bonchev–Trinajstić information content (AvgIpc) is 2.46. The number of benzene rings is 1. The smallest absolute Gasteiger partial charge is 0.268 e. The fourth-order valence-corrected chi connectivity index (χ4v) is 3.51. The summed E-state index contributed by atoms with van der Waals surface area (Å²) in [7, 11) is -3.60. The van der Waals surface area contributed by atoms with Crippen molar-refractivity contribution in [3.05, 3.63) is 29.8 Å². The number of halogens is 1. The zero-order valence-corrected chi connectivity index (χ0v) is 10.8. The van der Waals surface area contributed by atoms with Crippen LogP contribution in [0.5, 0.6) is 0 Å². The lowest BCUT2D eigenvalue weighted by Crippen LogP contribution is -2.31. The summed E-state index contributed by atoms with van der Waals surface area (Å²) in [5.41, 5.74) is 0.275. The molecule has 16 heavy (non-hydrogen) atoms. The summed E-state index contributed by atoms with van der Waals surface area (Å²) in [6.07, 6.45) is 0.610. The summed E-state index contributed by atoms with van der Waals surface area (Å²) >= 11 is 3.22. The van der Waals surface area contributed by atoms with E-state index in [0.29, 0.717) is 11.8 Å². The zero-order valence-electron chi connectivity index (χ0n) is 8.39. The van der Waals surface area contributed by atoms with Gasteiger partial charge in [0.1, 0.15) is 4.90 Å². The van der Waals surface area contributed by atoms with E-state index in [1.165, 1.54) is 6.07 Å². The van der Waals surface area contributed by atoms with Crippen molar-refractivity contribution >= 4 is 31.9 Å². The summed E-state index contributed by atoms with van der Waals surface area (Å²) in [5, 5.41) is 0.669. The molecule has 0 unspecified atom stereocenters. The number of nitrogens with zero attached hydrogens (tertiary/aromatic N) is 1. The molecule has 1 amide bonds. The summed E-state index contributed by atoms with van der Waals surface area (Å²) in [6, 6.07) is 6.30. The molecule has 0 radical (unpaired) electrons. The van der Waals surface area contributed by atoms with Gasteiger partial charge in [-0.3, -0.25) is 4.79 Å². The molecular formula is C10H10BrNO3S. The molecule has 0 atom stereocenters. The Morgan fingerprint density at radius 3 is 2.56 bits per heavy atom. The molecule has 0 N–H and O–H groups in total. The standard InChI is InChI=1S/C10H10BrNO3S/c11-6-3-7-12-10(13)8-4-1-2-5-9(8)16(12,14)15/h1-2,4-5H,3,6-7H2. The number of sulfonamides is 1. The Balaban J connectivity index is 2.46. The minimum absolute atomic E-state index is 0.120. The predicted octanol–water partition coefficient (Wildman–Crippen LogP) is 1.62. The van der Waals surface area contributed by atoms with Crippen molar-refractivity contribution in [3.8, 4) is 0 Å². The van der Waals surface area contributed by atoms with E-state index in [1.807, 2.05) is 0 Å². The van der Waals surface area contributed by atoms with Crippen molar-refractivity contribution in [1.82, 2.24) is 4.31 Å². The van der Waals surface area contributed by atoms with Gasteiger partial charge >= 0.3 is 0 Å². The van der Waals surface area contributed by atoms with E-state index in [0.717, 1.165) is 4.31 Å². The third-order valence-electron chi connectivity index (χ3n) is 2.41. The lowest BCUT2D eigenvalue weighted by molar-refractivity contribution is 0.0871. The number of alkyl halides is 1. The molecule has 86 valence electrons. The van der Waals surface area contributed by atoms with Crippen molar-refractivity contribution in [3.63, 3.8) is 0 Å². The summed E-state index contributed by atoms with van der Waals surface area (Å²) in [5.74, 6) is -0.420. The first-order chi connectivity index (χ1) is 7.59. The maximum absolute atomic E-state index is 12.0.